The highest BCUT2D eigenvalue weighted by Gasteiger charge is 2.18. The van der Waals surface area contributed by atoms with Gasteiger partial charge in [-0.2, -0.15) is 0 Å². The Morgan fingerprint density at radius 2 is 2.00 bits per heavy atom. The highest BCUT2D eigenvalue weighted by molar-refractivity contribution is 7.89. The molecule has 0 aliphatic heterocycles. The Kier molecular flexibility index (Phi) is 3.57. The minimum atomic E-state index is -3.93. The number of carbonyl (C=O) groups is 1. The molecule has 1 rings (SSSR count). The highest BCUT2D eigenvalue weighted by atomic mass is 35.5. The zero-order valence-corrected chi connectivity index (χ0v) is 10.3. The Labute approximate surface area is 98.6 Å². The van der Waals surface area contributed by atoms with E-state index in [9.17, 15) is 13.2 Å². The number of primary sulfonamides is 1. The second-order valence-electron chi connectivity index (χ2n) is 3.23. The van der Waals surface area contributed by atoms with Gasteiger partial charge in [-0.1, -0.05) is 11.6 Å². The van der Waals surface area contributed by atoms with Gasteiger partial charge in [-0.15, -0.1) is 0 Å². The van der Waals surface area contributed by atoms with Crippen LogP contribution in [0.2, 0.25) is 5.02 Å². The molecule has 0 fully saturated rings. The number of nitrogens with one attached hydrogen (secondary N) is 1. The summed E-state index contributed by atoms with van der Waals surface area (Å²) in [6.07, 6.45) is 0. The summed E-state index contributed by atoms with van der Waals surface area (Å²) in [5.74, 6) is -0.398. The van der Waals surface area contributed by atoms with Crippen LogP contribution in [0.3, 0.4) is 0 Å². The van der Waals surface area contributed by atoms with Crippen molar-refractivity contribution >= 4 is 27.5 Å². The molecule has 0 aliphatic carbocycles. The summed E-state index contributed by atoms with van der Waals surface area (Å²) in [5.41, 5.74) is 0.681. The number of benzene rings is 1. The van der Waals surface area contributed by atoms with Gasteiger partial charge in [-0.3, -0.25) is 4.79 Å². The molecular formula is C9H11ClN2O3S. The molecule has 0 radical (unpaired) electrons. The van der Waals surface area contributed by atoms with E-state index in [1.54, 1.807) is 6.92 Å². The quantitative estimate of drug-likeness (QED) is 0.820. The first kappa shape index (κ1) is 13.0. The third-order valence-corrected chi connectivity index (χ3v) is 3.57. The van der Waals surface area contributed by atoms with Crippen molar-refractivity contribution in [1.82, 2.24) is 5.32 Å². The number of amides is 1. The topological polar surface area (TPSA) is 89.3 Å². The Morgan fingerprint density at radius 1 is 1.44 bits per heavy atom. The number of sulfonamides is 1. The molecule has 16 heavy (non-hydrogen) atoms. The van der Waals surface area contributed by atoms with Gasteiger partial charge in [0.1, 0.15) is 4.90 Å². The molecule has 0 aromatic heterocycles. The fraction of sp³-hybridized carbons (Fsp3) is 0.222. The number of rotatable bonds is 2. The number of hydrogen-bond donors (Lipinski definition) is 2. The Bertz CT molecular complexity index is 540. The molecule has 0 atom stereocenters. The van der Waals surface area contributed by atoms with Crippen LogP contribution in [0.15, 0.2) is 17.0 Å². The first-order chi connectivity index (χ1) is 7.27. The van der Waals surface area contributed by atoms with E-state index in [1.807, 2.05) is 0 Å². The van der Waals surface area contributed by atoms with Crippen LogP contribution in [0.1, 0.15) is 15.9 Å². The highest BCUT2D eigenvalue weighted by Crippen LogP contribution is 2.25. The summed E-state index contributed by atoms with van der Waals surface area (Å²) in [6.45, 7) is 1.60. The Hall–Kier alpha value is -1.11. The average molecular weight is 263 g/mol. The van der Waals surface area contributed by atoms with E-state index in [1.165, 1.54) is 13.1 Å². The summed E-state index contributed by atoms with van der Waals surface area (Å²) in [7, 11) is -2.48. The lowest BCUT2D eigenvalue weighted by atomic mass is 10.1. The van der Waals surface area contributed by atoms with Gasteiger partial charge in [0.25, 0.3) is 5.91 Å². The zero-order chi connectivity index (χ0) is 12.5. The lowest BCUT2D eigenvalue weighted by Crippen LogP contribution is -2.20. The van der Waals surface area contributed by atoms with Crippen LogP contribution in [-0.2, 0) is 10.0 Å². The number of nitrogens with two attached hydrogens (primary N) is 1. The fourth-order valence-corrected chi connectivity index (χ4v) is 2.35. The Balaban J connectivity index is 3.52. The lowest BCUT2D eigenvalue weighted by molar-refractivity contribution is 0.0963. The first-order valence-electron chi connectivity index (χ1n) is 4.32. The third-order valence-electron chi connectivity index (χ3n) is 2.02. The number of carbonyl (C=O) groups excluding carboxylic acids is 1. The smallest absolute Gasteiger partial charge is 0.251 e. The SMILES string of the molecule is CNC(=O)c1cc(C)c(Cl)c(S(N)(=O)=O)c1. The van der Waals surface area contributed by atoms with Crippen LogP contribution in [0.25, 0.3) is 0 Å². The largest absolute Gasteiger partial charge is 0.355 e. The molecule has 0 spiro atoms. The Morgan fingerprint density at radius 3 is 2.44 bits per heavy atom. The summed E-state index contributed by atoms with van der Waals surface area (Å²) < 4.78 is 22.5. The van der Waals surface area contributed by atoms with Gasteiger partial charge in [0.05, 0.1) is 5.02 Å². The maximum absolute atomic E-state index is 11.4. The van der Waals surface area contributed by atoms with Crippen molar-refractivity contribution in [3.63, 3.8) is 0 Å². The summed E-state index contributed by atoms with van der Waals surface area (Å²) in [6, 6.07) is 2.65. The maximum Gasteiger partial charge on any atom is 0.251 e. The van der Waals surface area contributed by atoms with Gasteiger partial charge in [-0.05, 0) is 24.6 Å². The third kappa shape index (κ3) is 2.52. The summed E-state index contributed by atoms with van der Waals surface area (Å²) >= 11 is 5.81. The molecule has 0 saturated carbocycles. The predicted octanol–water partition coefficient (Wildman–Crippen LogP) is 0.655. The zero-order valence-electron chi connectivity index (χ0n) is 8.74. The average Bonchev–Trinajstić information content (AvgIpc) is 2.18. The van der Waals surface area contributed by atoms with Gasteiger partial charge in [0.15, 0.2) is 0 Å². The molecule has 0 aliphatic rings. The predicted molar refractivity (Wildman–Crippen MR) is 61.0 cm³/mol. The van der Waals surface area contributed by atoms with Crippen molar-refractivity contribution < 1.29 is 13.2 Å². The number of hydrogen-bond acceptors (Lipinski definition) is 3. The molecule has 7 heteroatoms. The van der Waals surface area contributed by atoms with E-state index in [2.05, 4.69) is 5.32 Å². The molecule has 88 valence electrons. The van der Waals surface area contributed by atoms with E-state index >= 15 is 0 Å². The van der Waals surface area contributed by atoms with E-state index in [4.69, 9.17) is 16.7 Å². The van der Waals surface area contributed by atoms with Gasteiger partial charge in [0, 0.05) is 12.6 Å². The molecule has 5 nitrogen and oxygen atoms in total. The van der Waals surface area contributed by atoms with Crippen molar-refractivity contribution in [2.24, 2.45) is 5.14 Å². The molecule has 0 bridgehead atoms. The van der Waals surface area contributed by atoms with Gasteiger partial charge in [-0.25, -0.2) is 13.6 Å². The van der Waals surface area contributed by atoms with Crippen molar-refractivity contribution in [3.8, 4) is 0 Å². The maximum atomic E-state index is 11.4. The van der Waals surface area contributed by atoms with Crippen LogP contribution in [-0.4, -0.2) is 21.4 Å². The monoisotopic (exact) mass is 262 g/mol. The summed E-state index contributed by atoms with van der Waals surface area (Å²) in [4.78, 5) is 11.1. The van der Waals surface area contributed by atoms with Gasteiger partial charge < -0.3 is 5.32 Å². The van der Waals surface area contributed by atoms with Gasteiger partial charge in [0.2, 0.25) is 10.0 Å². The van der Waals surface area contributed by atoms with E-state index < -0.39 is 15.9 Å². The number of aryl methyl sites for hydroxylation is 1. The van der Waals surface area contributed by atoms with E-state index in [-0.39, 0.29) is 15.5 Å². The number of halogens is 1. The minimum Gasteiger partial charge on any atom is -0.355 e. The summed E-state index contributed by atoms with van der Waals surface area (Å²) in [5, 5.41) is 7.42. The fourth-order valence-electron chi connectivity index (χ4n) is 1.22. The molecule has 1 amide bonds. The normalized spacial score (nSPS) is 11.2. The molecular weight excluding hydrogens is 252 g/mol. The second kappa shape index (κ2) is 4.40. The van der Waals surface area contributed by atoms with Crippen LogP contribution in [0.5, 0.6) is 0 Å². The van der Waals surface area contributed by atoms with Crippen LogP contribution >= 0.6 is 11.6 Å². The second-order valence-corrected chi connectivity index (χ2v) is 5.14. The minimum absolute atomic E-state index is 0.0372. The van der Waals surface area contributed by atoms with E-state index in [0.29, 0.717) is 5.56 Å². The van der Waals surface area contributed by atoms with Crippen LogP contribution in [0, 0.1) is 6.92 Å². The molecule has 3 N–H and O–H groups in total. The van der Waals surface area contributed by atoms with Crippen molar-refractivity contribution in [1.29, 1.82) is 0 Å². The van der Waals surface area contributed by atoms with Crippen molar-refractivity contribution in [2.45, 2.75) is 11.8 Å². The standard InChI is InChI=1S/C9H11ClN2O3S/c1-5-3-6(9(13)12-2)4-7(8(5)10)16(11,14)15/h3-4H,1-2H3,(H,12,13)(H2,11,14,15). The molecule has 0 unspecified atom stereocenters. The molecule has 1 aromatic carbocycles. The molecule has 0 saturated heterocycles. The van der Waals surface area contributed by atoms with E-state index in [0.717, 1.165) is 6.07 Å². The molecule has 1 aromatic rings. The lowest BCUT2D eigenvalue weighted by Gasteiger charge is -2.08. The van der Waals surface area contributed by atoms with Gasteiger partial charge >= 0.3 is 0 Å². The van der Waals surface area contributed by atoms with Crippen LogP contribution < -0.4 is 10.5 Å². The first-order valence-corrected chi connectivity index (χ1v) is 6.25. The van der Waals surface area contributed by atoms with Crippen molar-refractivity contribution in [2.75, 3.05) is 7.05 Å². The van der Waals surface area contributed by atoms with Crippen molar-refractivity contribution in [3.05, 3.63) is 28.3 Å². The van der Waals surface area contributed by atoms with Crippen LogP contribution in [0.4, 0.5) is 0 Å². The molecule has 0 heterocycles.